The number of likely N-dealkylation sites (N-methyl/N-ethyl adjacent to an activating group) is 1. The van der Waals surface area contributed by atoms with Gasteiger partial charge in [-0.3, -0.25) is 9.69 Å². The predicted molar refractivity (Wildman–Crippen MR) is 72.4 cm³/mol. The Kier molecular flexibility index (Phi) is 3.95. The normalized spacial score (nSPS) is 20.5. The molecule has 0 spiro atoms. The molecule has 1 aromatic carbocycles. The molecule has 0 saturated carbocycles. The van der Waals surface area contributed by atoms with Gasteiger partial charge in [-0.2, -0.15) is 0 Å². The van der Waals surface area contributed by atoms with Crippen molar-refractivity contribution in [1.29, 1.82) is 0 Å². The zero-order chi connectivity index (χ0) is 14.0. The van der Waals surface area contributed by atoms with Crippen LogP contribution in [-0.4, -0.2) is 58.6 Å². The van der Waals surface area contributed by atoms with E-state index in [-0.39, 0.29) is 23.0 Å². The number of benzene rings is 1. The summed E-state index contributed by atoms with van der Waals surface area (Å²) in [5.41, 5.74) is 0.00176. The van der Waals surface area contributed by atoms with E-state index in [2.05, 4.69) is 11.8 Å². The van der Waals surface area contributed by atoms with E-state index in [9.17, 15) is 15.0 Å². The van der Waals surface area contributed by atoms with Crippen LogP contribution in [0.15, 0.2) is 18.2 Å². The van der Waals surface area contributed by atoms with Crippen LogP contribution in [0.4, 0.5) is 0 Å². The van der Waals surface area contributed by atoms with Gasteiger partial charge in [0.2, 0.25) is 0 Å². The molecule has 1 unspecified atom stereocenters. The summed E-state index contributed by atoms with van der Waals surface area (Å²) in [4.78, 5) is 16.3. The zero-order valence-corrected chi connectivity index (χ0v) is 11.3. The van der Waals surface area contributed by atoms with Crippen molar-refractivity contribution in [3.05, 3.63) is 23.8 Å². The molecular weight excluding hydrogens is 244 g/mol. The average Bonchev–Trinajstić information content (AvgIpc) is 2.39. The second-order valence-corrected chi connectivity index (χ2v) is 4.97. The highest BCUT2D eigenvalue weighted by Crippen LogP contribution is 2.28. The van der Waals surface area contributed by atoms with Crippen molar-refractivity contribution in [2.75, 3.05) is 26.7 Å². The van der Waals surface area contributed by atoms with Gasteiger partial charge in [0.05, 0.1) is 0 Å². The Balaban J connectivity index is 2.20. The lowest BCUT2D eigenvalue weighted by molar-refractivity contribution is 0.0536. The molecule has 5 heteroatoms. The van der Waals surface area contributed by atoms with E-state index in [1.165, 1.54) is 18.2 Å². The molecule has 104 valence electrons. The minimum Gasteiger partial charge on any atom is -0.507 e. The predicted octanol–water partition coefficient (Wildman–Crippen LogP) is 1.26. The van der Waals surface area contributed by atoms with E-state index in [0.29, 0.717) is 19.1 Å². The molecule has 2 rings (SSSR count). The maximum absolute atomic E-state index is 12.4. The third-order valence-electron chi connectivity index (χ3n) is 3.77. The van der Waals surface area contributed by atoms with E-state index in [1.54, 1.807) is 4.90 Å². The fourth-order valence-electron chi connectivity index (χ4n) is 2.48. The number of carbonyl (C=O) groups is 1. The quantitative estimate of drug-likeness (QED) is 0.844. The molecule has 1 aliphatic rings. The van der Waals surface area contributed by atoms with Gasteiger partial charge in [-0.15, -0.1) is 0 Å². The fourth-order valence-corrected chi connectivity index (χ4v) is 2.48. The number of nitrogens with zero attached hydrogens (tertiary/aromatic N) is 2. The number of phenols is 2. The molecular formula is C14H20N2O3. The van der Waals surface area contributed by atoms with Gasteiger partial charge in [-0.05, 0) is 25.6 Å². The number of carbonyl (C=O) groups excluding carboxylic acids is 1. The Labute approximate surface area is 113 Å². The molecule has 1 heterocycles. The Bertz CT molecular complexity index is 456. The Hall–Kier alpha value is -1.75. The highest BCUT2D eigenvalue weighted by Gasteiger charge is 2.29. The summed E-state index contributed by atoms with van der Waals surface area (Å²) in [5, 5.41) is 19.5. The van der Waals surface area contributed by atoms with E-state index >= 15 is 0 Å². The average molecular weight is 264 g/mol. The standard InChI is InChI=1S/C14H20N2O3/c1-3-10-9-16(8-7-15(10)2)14(19)13-11(17)5-4-6-12(13)18/h4-6,10,17-18H,3,7-9H2,1-2H3. The van der Waals surface area contributed by atoms with Crippen LogP contribution in [0, 0.1) is 0 Å². The topological polar surface area (TPSA) is 64.0 Å². The van der Waals surface area contributed by atoms with Crippen molar-refractivity contribution in [1.82, 2.24) is 9.80 Å². The van der Waals surface area contributed by atoms with Crippen LogP contribution in [0.25, 0.3) is 0 Å². The molecule has 0 bridgehead atoms. The van der Waals surface area contributed by atoms with Crippen LogP contribution in [0.3, 0.4) is 0 Å². The SMILES string of the molecule is CCC1CN(C(=O)c2c(O)cccc2O)CCN1C. The molecule has 1 atom stereocenters. The lowest BCUT2D eigenvalue weighted by Crippen LogP contribution is -2.52. The first-order valence-corrected chi connectivity index (χ1v) is 6.55. The summed E-state index contributed by atoms with van der Waals surface area (Å²) in [7, 11) is 2.05. The van der Waals surface area contributed by atoms with Gasteiger partial charge in [0.1, 0.15) is 17.1 Å². The largest absolute Gasteiger partial charge is 0.507 e. The number of rotatable bonds is 2. The molecule has 1 amide bonds. The minimum atomic E-state index is -0.304. The Morgan fingerprint density at radius 1 is 1.32 bits per heavy atom. The third kappa shape index (κ3) is 2.66. The van der Waals surface area contributed by atoms with Gasteiger partial charge < -0.3 is 15.1 Å². The summed E-state index contributed by atoms with van der Waals surface area (Å²) in [6.45, 7) is 4.13. The van der Waals surface area contributed by atoms with Crippen molar-refractivity contribution in [2.24, 2.45) is 0 Å². The summed E-state index contributed by atoms with van der Waals surface area (Å²) in [6, 6.07) is 4.67. The number of phenolic OH excluding ortho intramolecular Hbond substituents is 2. The van der Waals surface area contributed by atoms with Gasteiger partial charge in [0.25, 0.3) is 5.91 Å². The fraction of sp³-hybridized carbons (Fsp3) is 0.500. The van der Waals surface area contributed by atoms with Crippen molar-refractivity contribution in [3.8, 4) is 11.5 Å². The Morgan fingerprint density at radius 2 is 1.95 bits per heavy atom. The van der Waals surface area contributed by atoms with Crippen molar-refractivity contribution in [2.45, 2.75) is 19.4 Å². The van der Waals surface area contributed by atoms with Crippen LogP contribution in [-0.2, 0) is 0 Å². The van der Waals surface area contributed by atoms with Crippen molar-refractivity contribution in [3.63, 3.8) is 0 Å². The van der Waals surface area contributed by atoms with E-state index in [1.807, 2.05) is 7.05 Å². The van der Waals surface area contributed by atoms with Crippen LogP contribution in [0.2, 0.25) is 0 Å². The number of aromatic hydroxyl groups is 2. The van der Waals surface area contributed by atoms with E-state index in [0.717, 1.165) is 13.0 Å². The molecule has 1 aliphatic heterocycles. The maximum Gasteiger partial charge on any atom is 0.261 e. The summed E-state index contributed by atoms with van der Waals surface area (Å²) in [6.07, 6.45) is 0.965. The lowest BCUT2D eigenvalue weighted by Gasteiger charge is -2.39. The molecule has 1 fully saturated rings. The zero-order valence-electron chi connectivity index (χ0n) is 11.3. The number of hydrogen-bond acceptors (Lipinski definition) is 4. The van der Waals surface area contributed by atoms with Crippen LogP contribution < -0.4 is 0 Å². The van der Waals surface area contributed by atoms with E-state index < -0.39 is 0 Å². The maximum atomic E-state index is 12.4. The van der Waals surface area contributed by atoms with Crippen LogP contribution >= 0.6 is 0 Å². The van der Waals surface area contributed by atoms with Gasteiger partial charge in [-0.1, -0.05) is 13.0 Å². The smallest absolute Gasteiger partial charge is 0.261 e. The first-order chi connectivity index (χ1) is 9.04. The molecule has 0 aromatic heterocycles. The van der Waals surface area contributed by atoms with Crippen LogP contribution in [0.5, 0.6) is 11.5 Å². The second kappa shape index (κ2) is 5.48. The van der Waals surface area contributed by atoms with Gasteiger partial charge in [0, 0.05) is 25.7 Å². The lowest BCUT2D eigenvalue weighted by atomic mass is 10.1. The van der Waals surface area contributed by atoms with Crippen molar-refractivity contribution < 1.29 is 15.0 Å². The molecule has 1 aromatic rings. The first-order valence-electron chi connectivity index (χ1n) is 6.55. The Morgan fingerprint density at radius 3 is 2.53 bits per heavy atom. The highest BCUT2D eigenvalue weighted by molar-refractivity contribution is 5.99. The summed E-state index contributed by atoms with van der Waals surface area (Å²) < 4.78 is 0. The number of amides is 1. The molecule has 0 radical (unpaired) electrons. The summed E-state index contributed by atoms with van der Waals surface area (Å²) >= 11 is 0. The van der Waals surface area contributed by atoms with Crippen molar-refractivity contribution >= 4 is 5.91 Å². The number of hydrogen-bond donors (Lipinski definition) is 2. The molecule has 1 saturated heterocycles. The molecule has 2 N–H and O–H groups in total. The van der Waals surface area contributed by atoms with Crippen LogP contribution in [0.1, 0.15) is 23.7 Å². The number of piperazine rings is 1. The first kappa shape index (κ1) is 13.7. The second-order valence-electron chi connectivity index (χ2n) is 4.97. The molecule has 5 nitrogen and oxygen atoms in total. The monoisotopic (exact) mass is 264 g/mol. The highest BCUT2D eigenvalue weighted by atomic mass is 16.3. The summed E-state index contributed by atoms with van der Waals surface area (Å²) in [5.74, 6) is -0.642. The minimum absolute atomic E-state index is 0.00176. The van der Waals surface area contributed by atoms with E-state index in [4.69, 9.17) is 0 Å². The molecule has 0 aliphatic carbocycles. The van der Waals surface area contributed by atoms with Gasteiger partial charge in [0.15, 0.2) is 0 Å². The third-order valence-corrected chi connectivity index (χ3v) is 3.77. The van der Waals surface area contributed by atoms with Gasteiger partial charge in [-0.25, -0.2) is 0 Å². The van der Waals surface area contributed by atoms with Gasteiger partial charge >= 0.3 is 0 Å². The molecule has 19 heavy (non-hydrogen) atoms.